The fraction of sp³-hybridized carbons (Fsp3) is 0.800. The standard InChI is InChI=1S/C10H16N2O5/c11-9(1-2-9)16-7(14)5-6(13)8(15)17-10(12)3-4-10/h6,13H,1-5,11-12H2. The number of nitrogens with two attached hydrogens (primary N) is 2. The van der Waals surface area contributed by atoms with Crippen LogP contribution in [0.15, 0.2) is 0 Å². The number of hydrogen-bond acceptors (Lipinski definition) is 7. The molecule has 1 unspecified atom stereocenters. The van der Waals surface area contributed by atoms with Crippen molar-refractivity contribution >= 4 is 11.9 Å². The second-order valence-electron chi connectivity index (χ2n) is 4.74. The van der Waals surface area contributed by atoms with E-state index in [-0.39, 0.29) is 0 Å². The molecule has 0 radical (unpaired) electrons. The van der Waals surface area contributed by atoms with Crippen LogP contribution in [0.3, 0.4) is 0 Å². The van der Waals surface area contributed by atoms with Gasteiger partial charge in [-0.15, -0.1) is 0 Å². The summed E-state index contributed by atoms with van der Waals surface area (Å²) in [5.41, 5.74) is 9.24. The molecule has 2 rings (SSSR count). The van der Waals surface area contributed by atoms with E-state index in [9.17, 15) is 14.7 Å². The van der Waals surface area contributed by atoms with Crippen molar-refractivity contribution in [3.8, 4) is 0 Å². The van der Waals surface area contributed by atoms with Crippen LogP contribution in [0.4, 0.5) is 0 Å². The summed E-state index contributed by atoms with van der Waals surface area (Å²) < 4.78 is 9.66. The Labute approximate surface area is 98.0 Å². The van der Waals surface area contributed by atoms with Crippen LogP contribution in [-0.4, -0.2) is 34.6 Å². The summed E-state index contributed by atoms with van der Waals surface area (Å²) in [4.78, 5) is 22.6. The van der Waals surface area contributed by atoms with Crippen molar-refractivity contribution in [1.29, 1.82) is 0 Å². The lowest BCUT2D eigenvalue weighted by Crippen LogP contribution is -2.37. The van der Waals surface area contributed by atoms with E-state index in [1.807, 2.05) is 0 Å². The Balaban J connectivity index is 1.73. The van der Waals surface area contributed by atoms with Crippen LogP contribution in [0.25, 0.3) is 0 Å². The van der Waals surface area contributed by atoms with Gasteiger partial charge in [0.25, 0.3) is 0 Å². The van der Waals surface area contributed by atoms with E-state index in [1.54, 1.807) is 0 Å². The third-order valence-electron chi connectivity index (χ3n) is 2.74. The minimum Gasteiger partial charge on any atom is -0.444 e. The molecule has 2 saturated carbocycles. The van der Waals surface area contributed by atoms with Crippen LogP contribution in [0.2, 0.25) is 0 Å². The monoisotopic (exact) mass is 244 g/mol. The van der Waals surface area contributed by atoms with E-state index in [0.29, 0.717) is 25.7 Å². The van der Waals surface area contributed by atoms with Crippen LogP contribution < -0.4 is 11.5 Å². The normalized spacial score (nSPS) is 24.6. The predicted octanol–water partition coefficient (Wildman–Crippen LogP) is -1.28. The molecular weight excluding hydrogens is 228 g/mol. The van der Waals surface area contributed by atoms with Crippen molar-refractivity contribution in [3.05, 3.63) is 0 Å². The molecule has 2 aliphatic rings. The third kappa shape index (κ3) is 3.39. The number of esters is 2. The quantitative estimate of drug-likeness (QED) is 0.406. The van der Waals surface area contributed by atoms with Gasteiger partial charge in [-0.25, -0.2) is 4.79 Å². The summed E-state index contributed by atoms with van der Waals surface area (Å²) >= 11 is 0. The number of hydrogen-bond donors (Lipinski definition) is 3. The first-order valence-corrected chi connectivity index (χ1v) is 5.52. The van der Waals surface area contributed by atoms with Crippen LogP contribution in [-0.2, 0) is 19.1 Å². The van der Waals surface area contributed by atoms with Gasteiger partial charge in [0, 0.05) is 25.7 Å². The molecule has 0 aliphatic heterocycles. The van der Waals surface area contributed by atoms with Crippen molar-refractivity contribution in [3.63, 3.8) is 0 Å². The minimum atomic E-state index is -1.55. The fourth-order valence-corrected chi connectivity index (χ4v) is 1.23. The van der Waals surface area contributed by atoms with Crippen molar-refractivity contribution < 1.29 is 24.2 Å². The van der Waals surface area contributed by atoms with Gasteiger partial charge in [0.05, 0.1) is 6.42 Å². The average molecular weight is 244 g/mol. The molecule has 0 aromatic rings. The second-order valence-corrected chi connectivity index (χ2v) is 4.74. The van der Waals surface area contributed by atoms with Gasteiger partial charge >= 0.3 is 11.9 Å². The lowest BCUT2D eigenvalue weighted by Gasteiger charge is -2.16. The van der Waals surface area contributed by atoms with E-state index in [2.05, 4.69) is 0 Å². The third-order valence-corrected chi connectivity index (χ3v) is 2.74. The zero-order chi connectivity index (χ0) is 12.7. The highest BCUT2D eigenvalue weighted by molar-refractivity contribution is 5.82. The summed E-state index contributed by atoms with van der Waals surface area (Å²) in [5.74, 6) is -1.61. The molecule has 0 spiro atoms. The number of rotatable bonds is 5. The summed E-state index contributed by atoms with van der Waals surface area (Å²) in [7, 11) is 0. The molecule has 2 aliphatic carbocycles. The Morgan fingerprint density at radius 1 is 1.12 bits per heavy atom. The molecule has 0 saturated heterocycles. The predicted molar refractivity (Wildman–Crippen MR) is 55.1 cm³/mol. The van der Waals surface area contributed by atoms with E-state index >= 15 is 0 Å². The van der Waals surface area contributed by atoms with Crippen LogP contribution in [0.1, 0.15) is 32.1 Å². The lowest BCUT2D eigenvalue weighted by atomic mass is 10.2. The Kier molecular flexibility index (Phi) is 2.84. The Hall–Kier alpha value is -1.18. The van der Waals surface area contributed by atoms with Crippen molar-refractivity contribution in [2.45, 2.75) is 49.7 Å². The van der Waals surface area contributed by atoms with Gasteiger partial charge in [-0.05, 0) is 0 Å². The van der Waals surface area contributed by atoms with Crippen LogP contribution >= 0.6 is 0 Å². The number of carbonyl (C=O) groups is 2. The molecule has 96 valence electrons. The lowest BCUT2D eigenvalue weighted by molar-refractivity contribution is -0.168. The van der Waals surface area contributed by atoms with E-state index < -0.39 is 35.9 Å². The first kappa shape index (κ1) is 12.3. The number of carbonyl (C=O) groups excluding carboxylic acids is 2. The Morgan fingerprint density at radius 2 is 1.59 bits per heavy atom. The van der Waals surface area contributed by atoms with Gasteiger partial charge in [0.1, 0.15) is 0 Å². The fourth-order valence-electron chi connectivity index (χ4n) is 1.23. The highest BCUT2D eigenvalue weighted by atomic mass is 16.6. The molecule has 1 atom stereocenters. The van der Waals surface area contributed by atoms with E-state index in [1.165, 1.54) is 0 Å². The van der Waals surface area contributed by atoms with Crippen molar-refractivity contribution in [1.82, 2.24) is 0 Å². The molecule has 0 aromatic carbocycles. The molecule has 5 N–H and O–H groups in total. The molecule has 7 nitrogen and oxygen atoms in total. The largest absolute Gasteiger partial charge is 0.444 e. The van der Waals surface area contributed by atoms with E-state index in [0.717, 1.165) is 0 Å². The summed E-state index contributed by atoms with van der Waals surface area (Å²) in [6.45, 7) is 0. The first-order valence-electron chi connectivity index (χ1n) is 5.52. The number of ether oxygens (including phenoxy) is 2. The average Bonchev–Trinajstić information content (AvgIpc) is 3.08. The Bertz CT molecular complexity index is 349. The maximum atomic E-state index is 11.3. The van der Waals surface area contributed by atoms with Crippen LogP contribution in [0, 0.1) is 0 Å². The molecular formula is C10H16N2O5. The summed E-state index contributed by atoms with van der Waals surface area (Å²) in [6.07, 6.45) is 0.333. The Morgan fingerprint density at radius 3 is 2.06 bits per heavy atom. The molecule has 17 heavy (non-hydrogen) atoms. The molecule has 2 fully saturated rings. The maximum Gasteiger partial charge on any atom is 0.337 e. The van der Waals surface area contributed by atoms with Gasteiger partial charge < -0.3 is 14.6 Å². The first-order chi connectivity index (χ1) is 7.82. The smallest absolute Gasteiger partial charge is 0.337 e. The maximum absolute atomic E-state index is 11.3. The SMILES string of the molecule is NC1(OC(=O)CC(O)C(=O)OC2(N)CC2)CC1. The van der Waals surface area contributed by atoms with Gasteiger partial charge in [0.15, 0.2) is 17.6 Å². The van der Waals surface area contributed by atoms with Gasteiger partial charge in [-0.3, -0.25) is 16.3 Å². The van der Waals surface area contributed by atoms with Gasteiger partial charge in [-0.1, -0.05) is 0 Å². The molecule has 0 amide bonds. The molecule has 0 bridgehead atoms. The number of aliphatic hydroxyl groups excluding tert-OH is 1. The van der Waals surface area contributed by atoms with Gasteiger partial charge in [0.2, 0.25) is 0 Å². The zero-order valence-corrected chi connectivity index (χ0v) is 9.35. The molecule has 7 heteroatoms. The minimum absolute atomic E-state index is 0.464. The molecule has 0 aromatic heterocycles. The van der Waals surface area contributed by atoms with Gasteiger partial charge in [-0.2, -0.15) is 0 Å². The topological polar surface area (TPSA) is 125 Å². The molecule has 0 heterocycles. The van der Waals surface area contributed by atoms with E-state index in [4.69, 9.17) is 20.9 Å². The zero-order valence-electron chi connectivity index (χ0n) is 9.35. The number of aliphatic hydroxyl groups is 1. The summed E-state index contributed by atoms with van der Waals surface area (Å²) in [5, 5.41) is 9.42. The summed E-state index contributed by atoms with van der Waals surface area (Å²) in [6, 6.07) is 0. The van der Waals surface area contributed by atoms with Crippen molar-refractivity contribution in [2.75, 3.05) is 0 Å². The second kappa shape index (κ2) is 3.94. The van der Waals surface area contributed by atoms with Crippen LogP contribution in [0.5, 0.6) is 0 Å². The highest BCUT2D eigenvalue weighted by Crippen LogP contribution is 2.35. The highest BCUT2D eigenvalue weighted by Gasteiger charge is 2.45. The van der Waals surface area contributed by atoms with Crippen molar-refractivity contribution in [2.24, 2.45) is 11.5 Å².